The van der Waals surface area contributed by atoms with Crippen molar-refractivity contribution in [2.45, 2.75) is 413 Å². The number of phosphoric ester groups is 2. The molecule has 0 fully saturated rings. The third-order valence-corrected chi connectivity index (χ3v) is 19.6. The first-order chi connectivity index (χ1) is 45.9. The molecule has 0 aromatic heterocycles. The number of carbonyl (C=O) groups excluding carboxylic acids is 4. The summed E-state index contributed by atoms with van der Waals surface area (Å²) in [4.78, 5) is 72.7. The van der Waals surface area contributed by atoms with Crippen LogP contribution in [0.1, 0.15) is 395 Å². The highest BCUT2D eigenvalue weighted by molar-refractivity contribution is 7.47. The number of ether oxygens (including phenoxy) is 4. The number of hydrogen-bond acceptors (Lipinski definition) is 15. The molecule has 17 nitrogen and oxygen atoms in total. The van der Waals surface area contributed by atoms with Crippen LogP contribution in [0.5, 0.6) is 0 Å². The number of hydrogen-bond donors (Lipinski definition) is 3. The molecule has 0 amide bonds. The van der Waals surface area contributed by atoms with Crippen molar-refractivity contribution in [2.75, 3.05) is 39.6 Å². The van der Waals surface area contributed by atoms with Crippen LogP contribution in [0.25, 0.3) is 0 Å². The van der Waals surface area contributed by atoms with E-state index in [9.17, 15) is 43.2 Å². The topological polar surface area (TPSA) is 237 Å². The number of aliphatic hydroxyl groups is 1. The third-order valence-electron chi connectivity index (χ3n) is 17.7. The fourth-order valence-corrected chi connectivity index (χ4v) is 13.2. The molecule has 0 aliphatic carbocycles. The highest BCUT2D eigenvalue weighted by atomic mass is 31.2. The smallest absolute Gasteiger partial charge is 0.462 e. The van der Waals surface area contributed by atoms with Crippen molar-refractivity contribution in [3.05, 3.63) is 0 Å². The first-order valence-corrected chi connectivity index (χ1v) is 42.5. The highest BCUT2D eigenvalue weighted by Crippen LogP contribution is 2.45. The van der Waals surface area contributed by atoms with Gasteiger partial charge < -0.3 is 33.8 Å². The van der Waals surface area contributed by atoms with Gasteiger partial charge in [0.25, 0.3) is 0 Å². The fourth-order valence-electron chi connectivity index (χ4n) is 11.7. The maximum absolute atomic E-state index is 13.1. The van der Waals surface area contributed by atoms with Crippen LogP contribution in [0.3, 0.4) is 0 Å². The number of rotatable bonds is 75. The molecule has 0 saturated carbocycles. The lowest BCUT2D eigenvalue weighted by atomic mass is 10.0. The van der Waals surface area contributed by atoms with Gasteiger partial charge in [0.05, 0.1) is 26.4 Å². The van der Waals surface area contributed by atoms with Gasteiger partial charge in [0.15, 0.2) is 12.2 Å². The molecule has 0 bridgehead atoms. The van der Waals surface area contributed by atoms with Gasteiger partial charge in [-0.05, 0) is 37.5 Å². The molecule has 0 saturated heterocycles. The van der Waals surface area contributed by atoms with E-state index in [2.05, 4.69) is 41.5 Å². The van der Waals surface area contributed by atoms with Crippen molar-refractivity contribution < 1.29 is 80.2 Å². The molecule has 95 heavy (non-hydrogen) atoms. The van der Waals surface area contributed by atoms with E-state index < -0.39 is 97.5 Å². The molecule has 0 aliphatic heterocycles. The van der Waals surface area contributed by atoms with Gasteiger partial charge in [-0.25, -0.2) is 9.13 Å². The Hall–Kier alpha value is -1.94. The van der Waals surface area contributed by atoms with Crippen LogP contribution in [0, 0.1) is 11.8 Å². The van der Waals surface area contributed by atoms with Crippen LogP contribution in [-0.4, -0.2) is 96.7 Å². The normalized spacial score (nSPS) is 14.0. The number of aliphatic hydroxyl groups excluding tert-OH is 1. The monoisotopic (exact) mass is 1400 g/mol. The first-order valence-electron chi connectivity index (χ1n) is 39.5. The Morgan fingerprint density at radius 2 is 0.484 bits per heavy atom. The summed E-state index contributed by atoms with van der Waals surface area (Å²) in [5, 5.41) is 10.6. The molecule has 0 heterocycles. The van der Waals surface area contributed by atoms with Gasteiger partial charge in [-0.2, -0.15) is 0 Å². The Morgan fingerprint density at radius 1 is 0.284 bits per heavy atom. The standard InChI is InChI=1S/C76H148O17P2/c1-7-9-11-13-15-17-18-19-20-21-22-26-29-32-35-41-47-53-59-74(79)87-65-71(92-75(80)60-54-48-42-36-33-30-27-24-23-25-28-31-34-38-44-50-56-68(3)4)66-90-94(82,83)88-62-70(77)63-89-95(84,85)91-67-72(64-86-73(78)58-52-46-40-16-14-12-10-8-2)93-76(81)61-55-49-43-37-39-45-51-57-69(5)6/h68-72,77H,7-67H2,1-6H3,(H,82,83)(H,84,85)/t70-,71-,72-/m1/s1. The molecule has 19 heteroatoms. The summed E-state index contributed by atoms with van der Waals surface area (Å²) in [7, 11) is -9.90. The molecule has 0 aromatic rings. The summed E-state index contributed by atoms with van der Waals surface area (Å²) in [5.41, 5.74) is 0. The molecule has 0 spiro atoms. The van der Waals surface area contributed by atoms with Crippen LogP contribution in [0.15, 0.2) is 0 Å². The van der Waals surface area contributed by atoms with E-state index in [1.807, 2.05) is 0 Å². The van der Waals surface area contributed by atoms with Gasteiger partial charge >= 0.3 is 39.5 Å². The van der Waals surface area contributed by atoms with Crippen LogP contribution >= 0.6 is 15.6 Å². The van der Waals surface area contributed by atoms with Gasteiger partial charge in [0, 0.05) is 25.7 Å². The lowest BCUT2D eigenvalue weighted by Crippen LogP contribution is -2.30. The Balaban J connectivity index is 5.18. The predicted octanol–water partition coefficient (Wildman–Crippen LogP) is 22.3. The van der Waals surface area contributed by atoms with Crippen LogP contribution < -0.4 is 0 Å². The summed E-state index contributed by atoms with van der Waals surface area (Å²) in [6.45, 7) is 9.53. The Bertz CT molecular complexity index is 1840. The average molecular weight is 1400 g/mol. The molecule has 0 aliphatic rings. The number of phosphoric acid groups is 2. The second-order valence-electron chi connectivity index (χ2n) is 28.3. The Kier molecular flexibility index (Phi) is 66.5. The summed E-state index contributed by atoms with van der Waals surface area (Å²) >= 11 is 0. The van der Waals surface area contributed by atoms with Gasteiger partial charge in [0.1, 0.15) is 19.3 Å². The van der Waals surface area contributed by atoms with E-state index in [1.165, 1.54) is 205 Å². The summed E-state index contributed by atoms with van der Waals surface area (Å²) in [5.74, 6) is -0.616. The Morgan fingerprint density at radius 3 is 0.716 bits per heavy atom. The SMILES string of the molecule is CCCCCCCCCCCCCCCCCCCCC(=O)OC[C@H](COP(=O)(O)OC[C@@H](O)COP(=O)(O)OC[C@@H](COC(=O)CCCCCCCCCC)OC(=O)CCCCCCCCCC(C)C)OC(=O)CCCCCCCCCCCCCCCCCCC(C)C. The minimum absolute atomic E-state index is 0.103. The summed E-state index contributed by atoms with van der Waals surface area (Å²) in [6.07, 6.45) is 55.8. The van der Waals surface area contributed by atoms with E-state index >= 15 is 0 Å². The number of unbranched alkanes of at least 4 members (excludes halogenated alkanes) is 45. The van der Waals surface area contributed by atoms with Crippen molar-refractivity contribution in [1.82, 2.24) is 0 Å². The molecule has 0 rings (SSSR count). The maximum atomic E-state index is 13.1. The molecule has 0 radical (unpaired) electrons. The lowest BCUT2D eigenvalue weighted by molar-refractivity contribution is -0.161. The number of carbonyl (C=O) groups is 4. The minimum atomic E-state index is -4.96. The second-order valence-corrected chi connectivity index (χ2v) is 31.3. The van der Waals surface area contributed by atoms with Crippen molar-refractivity contribution in [1.29, 1.82) is 0 Å². The van der Waals surface area contributed by atoms with Crippen molar-refractivity contribution in [3.8, 4) is 0 Å². The zero-order valence-corrected chi connectivity index (χ0v) is 63.8. The van der Waals surface area contributed by atoms with Crippen molar-refractivity contribution in [3.63, 3.8) is 0 Å². The lowest BCUT2D eigenvalue weighted by Gasteiger charge is -2.21. The quantitative estimate of drug-likeness (QED) is 0.0222. The summed E-state index contributed by atoms with van der Waals surface area (Å²) in [6, 6.07) is 0. The molecule has 564 valence electrons. The highest BCUT2D eigenvalue weighted by Gasteiger charge is 2.30. The molecule has 5 atom stereocenters. The van der Waals surface area contributed by atoms with Crippen molar-refractivity contribution in [2.24, 2.45) is 11.8 Å². The Labute approximate surface area is 581 Å². The average Bonchev–Trinajstić information content (AvgIpc) is 1.76. The van der Waals surface area contributed by atoms with Crippen molar-refractivity contribution >= 4 is 39.5 Å². The van der Waals surface area contributed by atoms with Gasteiger partial charge in [0.2, 0.25) is 0 Å². The van der Waals surface area contributed by atoms with Gasteiger partial charge in [-0.3, -0.25) is 37.3 Å². The number of esters is 4. The van der Waals surface area contributed by atoms with E-state index in [0.29, 0.717) is 31.6 Å². The van der Waals surface area contributed by atoms with Crippen LogP contribution in [0.4, 0.5) is 0 Å². The van der Waals surface area contributed by atoms with E-state index in [0.717, 1.165) is 102 Å². The summed E-state index contributed by atoms with van der Waals surface area (Å²) < 4.78 is 68.4. The first kappa shape index (κ1) is 93.1. The fraction of sp³-hybridized carbons (Fsp3) is 0.947. The third kappa shape index (κ3) is 70.3. The van der Waals surface area contributed by atoms with Crippen LogP contribution in [-0.2, 0) is 65.4 Å². The van der Waals surface area contributed by atoms with Crippen LogP contribution in [0.2, 0.25) is 0 Å². The minimum Gasteiger partial charge on any atom is -0.462 e. The largest absolute Gasteiger partial charge is 0.472 e. The predicted molar refractivity (Wildman–Crippen MR) is 386 cm³/mol. The molecule has 0 aromatic carbocycles. The van der Waals surface area contributed by atoms with E-state index in [-0.39, 0.29) is 25.7 Å². The molecular weight excluding hydrogens is 1250 g/mol. The molecular formula is C76H148O17P2. The van der Waals surface area contributed by atoms with Gasteiger partial charge in [-0.1, -0.05) is 343 Å². The zero-order chi connectivity index (χ0) is 70.0. The van der Waals surface area contributed by atoms with E-state index in [4.69, 9.17) is 37.0 Å². The zero-order valence-electron chi connectivity index (χ0n) is 62.0. The maximum Gasteiger partial charge on any atom is 0.472 e. The van der Waals surface area contributed by atoms with E-state index in [1.54, 1.807) is 0 Å². The molecule has 3 N–H and O–H groups in total. The second kappa shape index (κ2) is 67.9. The molecule has 2 unspecified atom stereocenters. The van der Waals surface area contributed by atoms with Gasteiger partial charge in [-0.15, -0.1) is 0 Å².